The number of aromatic hydroxyl groups is 2. The highest BCUT2D eigenvalue weighted by Gasteiger charge is 2.46. The van der Waals surface area contributed by atoms with Crippen LogP contribution in [-0.4, -0.2) is 10.2 Å². The van der Waals surface area contributed by atoms with Crippen LogP contribution in [0.1, 0.15) is 51.2 Å². The summed E-state index contributed by atoms with van der Waals surface area (Å²) in [6.45, 7) is 8.69. The molecule has 1 aliphatic carbocycles. The zero-order valence-corrected chi connectivity index (χ0v) is 11.2. The van der Waals surface area contributed by atoms with Crippen LogP contribution < -0.4 is 0 Å². The van der Waals surface area contributed by atoms with Crippen LogP contribution in [0.25, 0.3) is 0 Å². The van der Waals surface area contributed by atoms with E-state index in [0.29, 0.717) is 0 Å². The summed E-state index contributed by atoms with van der Waals surface area (Å²) in [6, 6.07) is 3.75. The predicted octanol–water partition coefficient (Wildman–Crippen LogP) is 3.87. The zero-order chi connectivity index (χ0) is 12.8. The lowest BCUT2D eigenvalue weighted by Gasteiger charge is -2.39. The molecule has 2 rings (SSSR count). The summed E-state index contributed by atoms with van der Waals surface area (Å²) in [7, 11) is 0. The molecular formula is C15H22O2. The number of rotatable bonds is 1. The third-order valence-corrected chi connectivity index (χ3v) is 4.89. The molecule has 0 saturated heterocycles. The average Bonchev–Trinajstić information content (AvgIpc) is 2.50. The van der Waals surface area contributed by atoms with Crippen LogP contribution in [0, 0.1) is 12.3 Å². The van der Waals surface area contributed by atoms with Gasteiger partial charge in [0.2, 0.25) is 0 Å². The third-order valence-electron chi connectivity index (χ3n) is 4.89. The molecule has 94 valence electrons. The Morgan fingerprint density at radius 3 is 2.18 bits per heavy atom. The molecule has 2 nitrogen and oxygen atoms in total. The minimum atomic E-state index is 0.00363. The van der Waals surface area contributed by atoms with Crippen LogP contribution in [0.4, 0.5) is 0 Å². The molecule has 0 bridgehead atoms. The molecule has 1 fully saturated rings. The lowest BCUT2D eigenvalue weighted by Crippen LogP contribution is -2.34. The summed E-state index contributed by atoms with van der Waals surface area (Å²) in [5, 5.41) is 19.4. The Morgan fingerprint density at radius 1 is 1.06 bits per heavy atom. The highest BCUT2D eigenvalue weighted by molar-refractivity contribution is 5.49. The molecule has 0 unspecified atom stereocenters. The Morgan fingerprint density at radius 2 is 1.71 bits per heavy atom. The van der Waals surface area contributed by atoms with Gasteiger partial charge in [-0.05, 0) is 47.8 Å². The maximum Gasteiger partial charge on any atom is 0.160 e. The molecule has 1 saturated carbocycles. The fraction of sp³-hybridized carbons (Fsp3) is 0.600. The maximum absolute atomic E-state index is 9.78. The summed E-state index contributed by atoms with van der Waals surface area (Å²) < 4.78 is 0. The number of hydrogen-bond acceptors (Lipinski definition) is 2. The van der Waals surface area contributed by atoms with Gasteiger partial charge in [-0.25, -0.2) is 0 Å². The Hall–Kier alpha value is -1.18. The normalized spacial score (nSPS) is 27.3. The van der Waals surface area contributed by atoms with E-state index in [9.17, 15) is 10.2 Å². The van der Waals surface area contributed by atoms with Gasteiger partial charge in [0.1, 0.15) is 0 Å². The third kappa shape index (κ3) is 1.70. The number of phenolic OH excluding ortho intramolecular Hbond substituents is 2. The molecule has 17 heavy (non-hydrogen) atoms. The van der Waals surface area contributed by atoms with Gasteiger partial charge in [0.25, 0.3) is 0 Å². The molecule has 0 radical (unpaired) electrons. The lowest BCUT2D eigenvalue weighted by atomic mass is 9.65. The monoisotopic (exact) mass is 234 g/mol. The molecule has 0 spiro atoms. The van der Waals surface area contributed by atoms with Crippen LogP contribution in [-0.2, 0) is 5.41 Å². The second-order valence-corrected chi connectivity index (χ2v) is 6.23. The molecule has 2 N–H and O–H groups in total. The van der Waals surface area contributed by atoms with Crippen molar-refractivity contribution in [3.8, 4) is 11.5 Å². The van der Waals surface area contributed by atoms with Crippen molar-refractivity contribution in [3.63, 3.8) is 0 Å². The number of hydrogen-bond donors (Lipinski definition) is 2. The van der Waals surface area contributed by atoms with Gasteiger partial charge in [-0.15, -0.1) is 0 Å². The second kappa shape index (κ2) is 3.66. The van der Waals surface area contributed by atoms with E-state index in [1.165, 1.54) is 12.8 Å². The largest absolute Gasteiger partial charge is 0.504 e. The van der Waals surface area contributed by atoms with E-state index in [0.717, 1.165) is 17.5 Å². The minimum absolute atomic E-state index is 0.00363. The molecule has 0 heterocycles. The summed E-state index contributed by atoms with van der Waals surface area (Å²) in [4.78, 5) is 0. The van der Waals surface area contributed by atoms with Crippen LogP contribution >= 0.6 is 0 Å². The van der Waals surface area contributed by atoms with Crippen LogP contribution in [0.3, 0.4) is 0 Å². The highest BCUT2D eigenvalue weighted by Crippen LogP contribution is 2.54. The summed E-state index contributed by atoms with van der Waals surface area (Å²) in [5.74, 6) is 0.0112. The summed E-state index contributed by atoms with van der Waals surface area (Å²) in [5.41, 5.74) is 2.22. The van der Waals surface area contributed by atoms with E-state index in [2.05, 4.69) is 20.8 Å². The standard InChI is InChI=1S/C15H22O2/c1-10-8-11(9-12(16)13(10)17)15(4)7-5-6-14(15,2)3/h8-9,16-17H,5-7H2,1-4H3/t15-/m1/s1. The molecule has 0 aromatic heterocycles. The van der Waals surface area contributed by atoms with Crippen molar-refractivity contribution in [1.29, 1.82) is 0 Å². The van der Waals surface area contributed by atoms with Crippen molar-refractivity contribution >= 4 is 0 Å². The smallest absolute Gasteiger partial charge is 0.160 e. The number of aryl methyl sites for hydroxylation is 1. The van der Waals surface area contributed by atoms with Gasteiger partial charge in [-0.1, -0.05) is 33.3 Å². The highest BCUT2D eigenvalue weighted by atomic mass is 16.3. The minimum Gasteiger partial charge on any atom is -0.504 e. The molecule has 0 amide bonds. The Balaban J connectivity index is 2.54. The molecular weight excluding hydrogens is 212 g/mol. The van der Waals surface area contributed by atoms with Gasteiger partial charge in [-0.3, -0.25) is 0 Å². The predicted molar refractivity (Wildman–Crippen MR) is 69.5 cm³/mol. The van der Waals surface area contributed by atoms with Crippen LogP contribution in [0.2, 0.25) is 0 Å². The first kappa shape index (κ1) is 12.3. The van der Waals surface area contributed by atoms with Crippen LogP contribution in [0.5, 0.6) is 11.5 Å². The molecule has 2 heteroatoms. The van der Waals surface area contributed by atoms with E-state index in [-0.39, 0.29) is 22.3 Å². The van der Waals surface area contributed by atoms with Crippen molar-refractivity contribution in [2.45, 2.75) is 52.4 Å². The quantitative estimate of drug-likeness (QED) is 0.724. The van der Waals surface area contributed by atoms with Crippen molar-refractivity contribution in [2.75, 3.05) is 0 Å². The van der Waals surface area contributed by atoms with Crippen molar-refractivity contribution in [2.24, 2.45) is 5.41 Å². The van der Waals surface area contributed by atoms with Crippen molar-refractivity contribution in [3.05, 3.63) is 23.3 Å². The van der Waals surface area contributed by atoms with Crippen LogP contribution in [0.15, 0.2) is 12.1 Å². The zero-order valence-electron chi connectivity index (χ0n) is 11.2. The molecule has 1 aliphatic rings. The van der Waals surface area contributed by atoms with Gasteiger partial charge >= 0.3 is 0 Å². The van der Waals surface area contributed by atoms with E-state index in [1.54, 1.807) is 6.07 Å². The second-order valence-electron chi connectivity index (χ2n) is 6.23. The first-order valence-electron chi connectivity index (χ1n) is 6.31. The Labute approximate surface area is 103 Å². The SMILES string of the molecule is Cc1cc([C@@]2(C)CCCC2(C)C)cc(O)c1O. The van der Waals surface area contributed by atoms with E-state index in [1.807, 2.05) is 13.0 Å². The molecule has 1 atom stereocenters. The number of benzene rings is 1. The van der Waals surface area contributed by atoms with E-state index >= 15 is 0 Å². The van der Waals surface area contributed by atoms with Gasteiger partial charge in [0.15, 0.2) is 11.5 Å². The van der Waals surface area contributed by atoms with Gasteiger partial charge in [0.05, 0.1) is 0 Å². The maximum atomic E-state index is 9.78. The van der Waals surface area contributed by atoms with E-state index < -0.39 is 0 Å². The molecule has 1 aromatic rings. The molecule has 0 aliphatic heterocycles. The van der Waals surface area contributed by atoms with E-state index in [4.69, 9.17) is 0 Å². The Kier molecular flexibility index (Phi) is 2.64. The average molecular weight is 234 g/mol. The summed E-state index contributed by atoms with van der Waals surface area (Å²) >= 11 is 0. The first-order valence-corrected chi connectivity index (χ1v) is 6.31. The van der Waals surface area contributed by atoms with Crippen molar-refractivity contribution < 1.29 is 10.2 Å². The lowest BCUT2D eigenvalue weighted by molar-refractivity contribution is 0.224. The molecule has 1 aromatic carbocycles. The fourth-order valence-corrected chi connectivity index (χ4v) is 3.11. The van der Waals surface area contributed by atoms with Gasteiger partial charge in [0, 0.05) is 0 Å². The fourth-order valence-electron chi connectivity index (χ4n) is 3.11. The first-order chi connectivity index (χ1) is 7.78. The van der Waals surface area contributed by atoms with Crippen molar-refractivity contribution in [1.82, 2.24) is 0 Å². The van der Waals surface area contributed by atoms with Gasteiger partial charge in [-0.2, -0.15) is 0 Å². The summed E-state index contributed by atoms with van der Waals surface area (Å²) in [6.07, 6.45) is 3.58. The Bertz CT molecular complexity index is 425. The number of phenols is 2. The van der Waals surface area contributed by atoms with Gasteiger partial charge < -0.3 is 10.2 Å². The topological polar surface area (TPSA) is 40.5 Å².